The lowest BCUT2D eigenvalue weighted by Crippen LogP contribution is -2.23. The Kier molecular flexibility index (Phi) is 4.80. The average Bonchev–Trinajstić information content (AvgIpc) is 3.01. The standard InChI is InChI=1S/C21H20O5/c1-4-16-19(15-7-5-6-8-18(15)26-16)20(22)14-9-10-17(12(2)11-14)25-13(3)21(23)24/h5-11,13H,4H2,1-3H3,(H,23,24). The minimum absolute atomic E-state index is 0.118. The highest BCUT2D eigenvalue weighted by Crippen LogP contribution is 2.30. The Balaban J connectivity index is 1.99. The third-order valence-electron chi connectivity index (χ3n) is 4.31. The third-order valence-corrected chi connectivity index (χ3v) is 4.31. The van der Waals surface area contributed by atoms with Gasteiger partial charge in [-0.1, -0.05) is 25.1 Å². The van der Waals surface area contributed by atoms with Crippen molar-refractivity contribution >= 4 is 22.7 Å². The molecule has 26 heavy (non-hydrogen) atoms. The number of fused-ring (bicyclic) bond motifs is 1. The van der Waals surface area contributed by atoms with Crippen LogP contribution in [-0.2, 0) is 11.2 Å². The quantitative estimate of drug-likeness (QED) is 0.666. The fraction of sp³-hybridized carbons (Fsp3) is 0.238. The third kappa shape index (κ3) is 3.20. The minimum Gasteiger partial charge on any atom is -0.479 e. The van der Waals surface area contributed by atoms with Crippen LogP contribution in [0.25, 0.3) is 11.0 Å². The van der Waals surface area contributed by atoms with Gasteiger partial charge in [-0.2, -0.15) is 0 Å². The van der Waals surface area contributed by atoms with Gasteiger partial charge in [-0.3, -0.25) is 4.79 Å². The fourth-order valence-electron chi connectivity index (χ4n) is 2.90. The first-order valence-electron chi connectivity index (χ1n) is 8.47. The van der Waals surface area contributed by atoms with E-state index in [1.165, 1.54) is 6.92 Å². The van der Waals surface area contributed by atoms with Crippen molar-refractivity contribution in [2.75, 3.05) is 0 Å². The van der Waals surface area contributed by atoms with Crippen molar-refractivity contribution in [1.29, 1.82) is 0 Å². The number of para-hydroxylation sites is 1. The van der Waals surface area contributed by atoms with Crippen molar-refractivity contribution in [3.8, 4) is 5.75 Å². The van der Waals surface area contributed by atoms with Crippen LogP contribution in [0.5, 0.6) is 5.75 Å². The molecule has 5 heteroatoms. The first-order chi connectivity index (χ1) is 12.4. The number of hydrogen-bond acceptors (Lipinski definition) is 4. The maximum atomic E-state index is 13.1. The second-order valence-corrected chi connectivity index (χ2v) is 6.16. The molecular weight excluding hydrogens is 332 g/mol. The molecule has 2 aromatic carbocycles. The van der Waals surface area contributed by atoms with Gasteiger partial charge in [-0.05, 0) is 43.7 Å². The lowest BCUT2D eigenvalue weighted by atomic mass is 9.98. The summed E-state index contributed by atoms with van der Waals surface area (Å²) in [5.41, 5.74) is 2.49. The second-order valence-electron chi connectivity index (χ2n) is 6.16. The number of rotatable bonds is 6. The molecule has 0 saturated carbocycles. The molecule has 1 N–H and O–H groups in total. The molecule has 0 aliphatic heterocycles. The topological polar surface area (TPSA) is 76.7 Å². The fourth-order valence-corrected chi connectivity index (χ4v) is 2.90. The van der Waals surface area contributed by atoms with Crippen LogP contribution < -0.4 is 4.74 Å². The summed E-state index contributed by atoms with van der Waals surface area (Å²) in [4.78, 5) is 24.1. The van der Waals surface area contributed by atoms with Gasteiger partial charge in [0.1, 0.15) is 17.1 Å². The molecule has 0 amide bonds. The maximum Gasteiger partial charge on any atom is 0.344 e. The van der Waals surface area contributed by atoms with Crippen molar-refractivity contribution < 1.29 is 23.8 Å². The molecule has 1 aromatic heterocycles. The van der Waals surface area contributed by atoms with Crippen LogP contribution in [0.1, 0.15) is 41.1 Å². The van der Waals surface area contributed by atoms with Crippen LogP contribution in [-0.4, -0.2) is 23.0 Å². The second kappa shape index (κ2) is 7.04. The Hall–Kier alpha value is -3.08. The minimum atomic E-state index is -1.04. The highest BCUT2D eigenvalue weighted by atomic mass is 16.5. The van der Waals surface area contributed by atoms with Crippen LogP contribution in [0, 0.1) is 6.92 Å². The smallest absolute Gasteiger partial charge is 0.344 e. The van der Waals surface area contributed by atoms with Crippen molar-refractivity contribution in [2.24, 2.45) is 0 Å². The summed E-state index contributed by atoms with van der Waals surface area (Å²) in [5, 5.41) is 9.77. The van der Waals surface area contributed by atoms with E-state index in [1.807, 2.05) is 31.2 Å². The Morgan fingerprint density at radius 1 is 1.19 bits per heavy atom. The number of benzene rings is 2. The van der Waals surface area contributed by atoms with Gasteiger partial charge in [0.15, 0.2) is 11.9 Å². The largest absolute Gasteiger partial charge is 0.479 e. The van der Waals surface area contributed by atoms with Crippen molar-refractivity contribution in [2.45, 2.75) is 33.3 Å². The van der Waals surface area contributed by atoms with Gasteiger partial charge in [0.05, 0.1) is 5.56 Å². The van der Waals surface area contributed by atoms with Gasteiger partial charge in [0.25, 0.3) is 0 Å². The van der Waals surface area contributed by atoms with Crippen LogP contribution in [0.2, 0.25) is 0 Å². The molecule has 0 radical (unpaired) electrons. The SMILES string of the molecule is CCc1oc2ccccc2c1C(=O)c1ccc(OC(C)C(=O)O)c(C)c1. The summed E-state index contributed by atoms with van der Waals surface area (Å²) in [6.07, 6.45) is -0.341. The van der Waals surface area contributed by atoms with Crippen LogP contribution in [0.15, 0.2) is 46.9 Å². The number of carbonyl (C=O) groups is 2. The number of aliphatic carboxylic acids is 1. The Morgan fingerprint density at radius 2 is 1.92 bits per heavy atom. The average molecular weight is 352 g/mol. The van der Waals surface area contributed by atoms with E-state index < -0.39 is 12.1 Å². The molecule has 0 saturated heterocycles. The zero-order valence-electron chi connectivity index (χ0n) is 14.9. The van der Waals surface area contributed by atoms with Crippen LogP contribution in [0.3, 0.4) is 0 Å². The monoisotopic (exact) mass is 352 g/mol. The number of carboxylic acid groups (broad SMARTS) is 1. The highest BCUT2D eigenvalue weighted by molar-refractivity contribution is 6.17. The predicted octanol–water partition coefficient (Wildman–Crippen LogP) is 4.39. The molecule has 1 heterocycles. The molecule has 0 aliphatic carbocycles. The maximum absolute atomic E-state index is 13.1. The van der Waals surface area contributed by atoms with E-state index in [2.05, 4.69) is 0 Å². The normalized spacial score (nSPS) is 12.1. The summed E-state index contributed by atoms with van der Waals surface area (Å²) in [6, 6.07) is 12.5. The molecule has 1 unspecified atom stereocenters. The molecule has 5 nitrogen and oxygen atoms in total. The first-order valence-corrected chi connectivity index (χ1v) is 8.47. The van der Waals surface area contributed by atoms with E-state index in [0.717, 1.165) is 5.39 Å². The number of carboxylic acids is 1. The van der Waals surface area contributed by atoms with Gasteiger partial charge in [-0.15, -0.1) is 0 Å². The van der Waals surface area contributed by atoms with E-state index in [1.54, 1.807) is 25.1 Å². The van der Waals surface area contributed by atoms with Gasteiger partial charge in [0, 0.05) is 17.4 Å². The molecule has 3 rings (SSSR count). The van der Waals surface area contributed by atoms with E-state index in [0.29, 0.717) is 40.2 Å². The summed E-state index contributed by atoms with van der Waals surface area (Å²) in [7, 11) is 0. The molecule has 0 bridgehead atoms. The highest BCUT2D eigenvalue weighted by Gasteiger charge is 2.22. The molecule has 0 spiro atoms. The molecule has 1 atom stereocenters. The molecule has 0 aliphatic rings. The number of hydrogen-bond donors (Lipinski definition) is 1. The first kappa shape index (κ1) is 17.7. The van der Waals surface area contributed by atoms with E-state index in [-0.39, 0.29) is 5.78 Å². The Labute approximate surface area is 151 Å². The zero-order valence-corrected chi connectivity index (χ0v) is 14.9. The van der Waals surface area contributed by atoms with Crippen molar-refractivity contribution in [3.05, 3.63) is 64.9 Å². The van der Waals surface area contributed by atoms with Crippen LogP contribution >= 0.6 is 0 Å². The summed E-state index contributed by atoms with van der Waals surface area (Å²) in [5.74, 6) is -0.0485. The van der Waals surface area contributed by atoms with E-state index in [9.17, 15) is 9.59 Å². The number of ketones is 1. The summed E-state index contributed by atoms with van der Waals surface area (Å²) >= 11 is 0. The zero-order chi connectivity index (χ0) is 18.8. The summed E-state index contributed by atoms with van der Waals surface area (Å²) < 4.78 is 11.2. The van der Waals surface area contributed by atoms with E-state index >= 15 is 0 Å². The van der Waals surface area contributed by atoms with Gasteiger partial charge >= 0.3 is 5.97 Å². The number of carbonyl (C=O) groups excluding carboxylic acids is 1. The lowest BCUT2D eigenvalue weighted by Gasteiger charge is -2.13. The Bertz CT molecular complexity index is 983. The number of furan rings is 1. The predicted molar refractivity (Wildman–Crippen MR) is 97.9 cm³/mol. The Morgan fingerprint density at radius 3 is 2.58 bits per heavy atom. The number of ether oxygens (including phenoxy) is 1. The molecule has 3 aromatic rings. The number of aryl methyl sites for hydroxylation is 2. The van der Waals surface area contributed by atoms with Gasteiger partial charge < -0.3 is 14.3 Å². The van der Waals surface area contributed by atoms with Gasteiger partial charge in [0.2, 0.25) is 0 Å². The van der Waals surface area contributed by atoms with Crippen LogP contribution in [0.4, 0.5) is 0 Å². The van der Waals surface area contributed by atoms with Crippen molar-refractivity contribution in [1.82, 2.24) is 0 Å². The molecular formula is C21H20O5. The van der Waals surface area contributed by atoms with Gasteiger partial charge in [-0.25, -0.2) is 4.79 Å². The van der Waals surface area contributed by atoms with Crippen molar-refractivity contribution in [3.63, 3.8) is 0 Å². The lowest BCUT2D eigenvalue weighted by molar-refractivity contribution is -0.144. The van der Waals surface area contributed by atoms with E-state index in [4.69, 9.17) is 14.3 Å². The molecule has 0 fully saturated rings. The summed E-state index contributed by atoms with van der Waals surface area (Å²) in [6.45, 7) is 5.20. The molecule has 134 valence electrons.